The molecule has 3 nitrogen and oxygen atoms in total. The van der Waals surface area contributed by atoms with Crippen LogP contribution in [-0.4, -0.2) is 41.5 Å². The predicted octanol–water partition coefficient (Wildman–Crippen LogP) is 1.00. The molecule has 0 aliphatic carbocycles. The summed E-state index contributed by atoms with van der Waals surface area (Å²) in [6.07, 6.45) is 1.80. The van der Waals surface area contributed by atoms with E-state index >= 15 is 0 Å². The van der Waals surface area contributed by atoms with Crippen LogP contribution in [0.2, 0.25) is 0 Å². The molecule has 3 saturated heterocycles. The molecule has 3 aliphatic heterocycles. The van der Waals surface area contributed by atoms with Crippen LogP contribution in [-0.2, 0) is 9.53 Å². The van der Waals surface area contributed by atoms with Gasteiger partial charge in [-0.15, -0.1) is 11.6 Å². The fraction of sp³-hybridized carbons (Fsp3) is 0.889. The molecule has 0 radical (unpaired) electrons. The van der Waals surface area contributed by atoms with E-state index in [0.29, 0.717) is 31.7 Å². The van der Waals surface area contributed by atoms with Gasteiger partial charge in [-0.1, -0.05) is 6.92 Å². The Kier molecular flexibility index (Phi) is 2.47. The van der Waals surface area contributed by atoms with Crippen molar-refractivity contribution in [2.45, 2.75) is 37.2 Å². The first-order valence-corrected chi connectivity index (χ1v) is 5.21. The van der Waals surface area contributed by atoms with Crippen LogP contribution < -0.4 is 0 Å². The maximum atomic E-state index is 11.7. The molecule has 4 heteroatoms. The number of alkyl halides is 1. The summed E-state index contributed by atoms with van der Waals surface area (Å²) in [4.78, 5) is 13.6. The van der Waals surface area contributed by atoms with Crippen molar-refractivity contribution >= 4 is 17.5 Å². The van der Waals surface area contributed by atoms with Crippen molar-refractivity contribution in [2.75, 3.05) is 13.2 Å². The smallest absolute Gasteiger partial charge is 0.241 e. The van der Waals surface area contributed by atoms with Crippen LogP contribution in [0.5, 0.6) is 0 Å². The lowest BCUT2D eigenvalue weighted by molar-refractivity contribution is -0.167. The lowest BCUT2D eigenvalue weighted by Gasteiger charge is -2.52. The summed E-state index contributed by atoms with van der Waals surface area (Å²) in [5.74, 6) is 0.0914. The van der Waals surface area contributed by atoms with Crippen LogP contribution in [0.15, 0.2) is 0 Å². The second-order valence-corrected chi connectivity index (χ2v) is 4.23. The summed E-state index contributed by atoms with van der Waals surface area (Å²) in [6, 6.07) is 0.609. The van der Waals surface area contributed by atoms with Gasteiger partial charge in [0.05, 0.1) is 25.3 Å². The molecule has 0 unspecified atom stereocenters. The fourth-order valence-electron chi connectivity index (χ4n) is 2.03. The second-order valence-electron chi connectivity index (χ2n) is 3.70. The van der Waals surface area contributed by atoms with Gasteiger partial charge in [0.25, 0.3) is 0 Å². The van der Waals surface area contributed by atoms with Crippen LogP contribution in [0.25, 0.3) is 0 Å². The van der Waals surface area contributed by atoms with Crippen molar-refractivity contribution in [3.8, 4) is 0 Å². The van der Waals surface area contributed by atoms with E-state index in [0.717, 1.165) is 6.42 Å². The summed E-state index contributed by atoms with van der Waals surface area (Å²) in [5, 5.41) is -0.344. The summed E-state index contributed by atoms with van der Waals surface area (Å²) in [7, 11) is 0. The maximum absolute atomic E-state index is 11.7. The van der Waals surface area contributed by atoms with E-state index in [1.165, 1.54) is 0 Å². The van der Waals surface area contributed by atoms with Gasteiger partial charge in [-0.2, -0.15) is 0 Å². The van der Waals surface area contributed by atoms with Gasteiger partial charge in [-0.05, 0) is 12.8 Å². The van der Waals surface area contributed by atoms with E-state index in [9.17, 15) is 4.79 Å². The van der Waals surface area contributed by atoms with Crippen LogP contribution in [0.3, 0.4) is 0 Å². The van der Waals surface area contributed by atoms with E-state index in [1.54, 1.807) is 0 Å². The minimum absolute atomic E-state index is 0.0914. The first kappa shape index (κ1) is 9.28. The first-order chi connectivity index (χ1) is 6.24. The number of amides is 1. The molecular weight excluding hydrogens is 190 g/mol. The molecule has 74 valence electrons. The van der Waals surface area contributed by atoms with E-state index in [1.807, 2.05) is 11.8 Å². The summed E-state index contributed by atoms with van der Waals surface area (Å²) >= 11 is 5.90. The molecule has 0 aromatic rings. The van der Waals surface area contributed by atoms with Gasteiger partial charge in [0.15, 0.2) is 0 Å². The SMILES string of the molecule is CC[C@H](Cl)C(=O)N1[C@H]2COC[C@H]1C2. The number of fused-ring (bicyclic) bond motifs is 2. The van der Waals surface area contributed by atoms with Crippen molar-refractivity contribution < 1.29 is 9.53 Å². The lowest BCUT2D eigenvalue weighted by Crippen LogP contribution is -2.66. The van der Waals surface area contributed by atoms with E-state index < -0.39 is 0 Å². The van der Waals surface area contributed by atoms with Gasteiger partial charge < -0.3 is 9.64 Å². The van der Waals surface area contributed by atoms with Crippen LogP contribution in [0.1, 0.15) is 19.8 Å². The molecular formula is C9H14ClNO2. The Bertz CT molecular complexity index is 208. The molecule has 1 amide bonds. The fourth-order valence-corrected chi connectivity index (χ4v) is 2.15. The molecule has 3 heterocycles. The second kappa shape index (κ2) is 3.46. The van der Waals surface area contributed by atoms with Crippen molar-refractivity contribution in [3.05, 3.63) is 0 Å². The molecule has 2 bridgehead atoms. The highest BCUT2D eigenvalue weighted by atomic mass is 35.5. The van der Waals surface area contributed by atoms with Gasteiger partial charge in [0, 0.05) is 0 Å². The zero-order valence-corrected chi connectivity index (χ0v) is 8.46. The molecule has 3 fully saturated rings. The topological polar surface area (TPSA) is 29.5 Å². The van der Waals surface area contributed by atoms with Crippen LogP contribution >= 0.6 is 11.6 Å². The van der Waals surface area contributed by atoms with E-state index in [2.05, 4.69) is 0 Å². The monoisotopic (exact) mass is 203 g/mol. The van der Waals surface area contributed by atoms with Gasteiger partial charge in [-0.25, -0.2) is 0 Å². The van der Waals surface area contributed by atoms with E-state index in [4.69, 9.17) is 16.3 Å². The van der Waals surface area contributed by atoms with Gasteiger partial charge >= 0.3 is 0 Å². The molecule has 13 heavy (non-hydrogen) atoms. The zero-order chi connectivity index (χ0) is 9.42. The number of hydrogen-bond acceptors (Lipinski definition) is 2. The third kappa shape index (κ3) is 1.44. The minimum Gasteiger partial charge on any atom is -0.377 e. The predicted molar refractivity (Wildman–Crippen MR) is 49.8 cm³/mol. The molecule has 0 spiro atoms. The summed E-state index contributed by atoms with van der Waals surface area (Å²) in [5.41, 5.74) is 0. The summed E-state index contributed by atoms with van der Waals surface area (Å²) in [6.45, 7) is 3.31. The van der Waals surface area contributed by atoms with Crippen molar-refractivity contribution in [1.82, 2.24) is 4.90 Å². The Labute approximate surface area is 83.0 Å². The normalized spacial score (nSPS) is 33.8. The third-order valence-electron chi connectivity index (χ3n) is 2.83. The highest BCUT2D eigenvalue weighted by molar-refractivity contribution is 6.30. The Hall–Kier alpha value is -0.280. The number of hydrogen-bond donors (Lipinski definition) is 0. The largest absolute Gasteiger partial charge is 0.377 e. The zero-order valence-electron chi connectivity index (χ0n) is 7.70. The number of carbonyl (C=O) groups is 1. The standard InChI is InChI=1S/C9H14ClNO2/c1-2-8(10)9(12)11-6-3-7(11)5-13-4-6/h6-8H,2-5H2,1H3/t6-,7-,8+/m1/s1. The Morgan fingerprint density at radius 1 is 1.62 bits per heavy atom. The van der Waals surface area contributed by atoms with Gasteiger partial charge in [-0.3, -0.25) is 4.79 Å². The molecule has 0 aromatic carbocycles. The minimum atomic E-state index is -0.344. The van der Waals surface area contributed by atoms with Gasteiger partial charge in [0.1, 0.15) is 5.38 Å². The summed E-state index contributed by atoms with van der Waals surface area (Å²) < 4.78 is 5.29. The average Bonchev–Trinajstić information content (AvgIpc) is 2.17. The molecule has 3 aliphatic rings. The number of rotatable bonds is 2. The first-order valence-electron chi connectivity index (χ1n) is 4.78. The van der Waals surface area contributed by atoms with E-state index in [-0.39, 0.29) is 11.3 Å². The molecule has 3 rings (SSSR count). The maximum Gasteiger partial charge on any atom is 0.241 e. The Morgan fingerprint density at radius 3 is 2.69 bits per heavy atom. The molecule has 3 atom stereocenters. The molecule has 0 N–H and O–H groups in total. The molecule has 0 saturated carbocycles. The molecule has 0 aromatic heterocycles. The Balaban J connectivity index is 1.98. The highest BCUT2D eigenvalue weighted by Gasteiger charge is 2.46. The quantitative estimate of drug-likeness (QED) is 0.627. The number of carbonyl (C=O) groups excluding carboxylic acids is 1. The number of halogens is 1. The average molecular weight is 204 g/mol. The number of nitrogens with zero attached hydrogens (tertiary/aromatic N) is 1. The highest BCUT2D eigenvalue weighted by Crippen LogP contribution is 2.32. The third-order valence-corrected chi connectivity index (χ3v) is 3.33. The number of morpholine rings is 1. The Morgan fingerprint density at radius 2 is 2.23 bits per heavy atom. The lowest BCUT2D eigenvalue weighted by atomic mass is 9.91. The van der Waals surface area contributed by atoms with Crippen LogP contribution in [0.4, 0.5) is 0 Å². The van der Waals surface area contributed by atoms with Crippen molar-refractivity contribution in [1.29, 1.82) is 0 Å². The van der Waals surface area contributed by atoms with Crippen molar-refractivity contribution in [2.24, 2.45) is 0 Å². The van der Waals surface area contributed by atoms with Crippen LogP contribution in [0, 0.1) is 0 Å². The number of ether oxygens (including phenoxy) is 1. The van der Waals surface area contributed by atoms with Gasteiger partial charge in [0.2, 0.25) is 5.91 Å². The van der Waals surface area contributed by atoms with Crippen molar-refractivity contribution in [3.63, 3.8) is 0 Å².